The summed E-state index contributed by atoms with van der Waals surface area (Å²) in [6.07, 6.45) is 0. The van der Waals surface area contributed by atoms with Crippen molar-refractivity contribution in [3.8, 4) is 0 Å². The van der Waals surface area contributed by atoms with Gasteiger partial charge >= 0.3 is 0 Å². The fraction of sp³-hybridized carbons (Fsp3) is 0.235. The Kier molecular flexibility index (Phi) is 5.94. The summed E-state index contributed by atoms with van der Waals surface area (Å²) >= 11 is 0. The molecule has 4 nitrogen and oxygen atoms in total. The second-order valence-electron chi connectivity index (χ2n) is 4.73. The van der Waals surface area contributed by atoms with Gasteiger partial charge in [-0.2, -0.15) is 0 Å². The number of ether oxygens (including phenoxy) is 1. The third-order valence-electron chi connectivity index (χ3n) is 3.10. The SMILES string of the molecule is NC(=O)COCCNC(c1ccccc1)c1ccccc1. The molecule has 1 amide bonds. The molecular formula is C17H20N2O2. The molecule has 0 fully saturated rings. The topological polar surface area (TPSA) is 64.4 Å². The number of benzene rings is 2. The zero-order valence-corrected chi connectivity index (χ0v) is 11.9. The first-order valence-electron chi connectivity index (χ1n) is 6.96. The molecule has 4 heteroatoms. The Hall–Kier alpha value is -2.17. The molecule has 2 aromatic rings. The largest absolute Gasteiger partial charge is 0.370 e. The molecule has 0 spiro atoms. The van der Waals surface area contributed by atoms with Crippen molar-refractivity contribution < 1.29 is 9.53 Å². The highest BCUT2D eigenvalue weighted by Gasteiger charge is 2.12. The van der Waals surface area contributed by atoms with E-state index in [1.165, 1.54) is 11.1 Å². The van der Waals surface area contributed by atoms with Gasteiger partial charge < -0.3 is 15.8 Å². The first kappa shape index (κ1) is 15.2. The summed E-state index contributed by atoms with van der Waals surface area (Å²) in [7, 11) is 0. The van der Waals surface area contributed by atoms with Gasteiger partial charge in [-0.1, -0.05) is 60.7 Å². The van der Waals surface area contributed by atoms with Crippen LogP contribution in [0.1, 0.15) is 17.2 Å². The fourth-order valence-corrected chi connectivity index (χ4v) is 2.17. The first-order valence-corrected chi connectivity index (χ1v) is 6.96. The number of amides is 1. The van der Waals surface area contributed by atoms with Crippen LogP contribution in [0.15, 0.2) is 60.7 Å². The zero-order valence-electron chi connectivity index (χ0n) is 11.9. The molecular weight excluding hydrogens is 264 g/mol. The minimum Gasteiger partial charge on any atom is -0.370 e. The average molecular weight is 284 g/mol. The van der Waals surface area contributed by atoms with Crippen LogP contribution in [0.2, 0.25) is 0 Å². The maximum absolute atomic E-state index is 10.6. The molecule has 0 saturated carbocycles. The highest BCUT2D eigenvalue weighted by atomic mass is 16.5. The van der Waals surface area contributed by atoms with E-state index < -0.39 is 5.91 Å². The lowest BCUT2D eigenvalue weighted by Gasteiger charge is -2.19. The predicted octanol–water partition coefficient (Wildman–Crippen LogP) is 1.87. The van der Waals surface area contributed by atoms with Crippen molar-refractivity contribution in [2.75, 3.05) is 19.8 Å². The van der Waals surface area contributed by atoms with Crippen molar-refractivity contribution in [1.82, 2.24) is 5.32 Å². The van der Waals surface area contributed by atoms with Crippen molar-refractivity contribution in [3.05, 3.63) is 71.8 Å². The number of primary amides is 1. The molecule has 0 aliphatic rings. The third-order valence-corrected chi connectivity index (χ3v) is 3.10. The second-order valence-corrected chi connectivity index (χ2v) is 4.73. The second kappa shape index (κ2) is 8.19. The maximum Gasteiger partial charge on any atom is 0.243 e. The maximum atomic E-state index is 10.6. The van der Waals surface area contributed by atoms with Gasteiger partial charge in [-0.15, -0.1) is 0 Å². The number of carbonyl (C=O) groups is 1. The molecule has 0 atom stereocenters. The van der Waals surface area contributed by atoms with Gasteiger partial charge in [0.25, 0.3) is 0 Å². The highest BCUT2D eigenvalue weighted by molar-refractivity contribution is 5.74. The number of hydrogen-bond donors (Lipinski definition) is 2. The molecule has 0 radical (unpaired) electrons. The molecule has 110 valence electrons. The van der Waals surface area contributed by atoms with Gasteiger partial charge in [0.15, 0.2) is 0 Å². The highest BCUT2D eigenvalue weighted by Crippen LogP contribution is 2.21. The number of nitrogens with two attached hydrogens (primary N) is 1. The Morgan fingerprint density at radius 3 is 2.00 bits per heavy atom. The van der Waals surface area contributed by atoms with Gasteiger partial charge in [0, 0.05) is 6.54 Å². The van der Waals surface area contributed by atoms with Gasteiger partial charge in [0.05, 0.1) is 12.6 Å². The van der Waals surface area contributed by atoms with E-state index in [4.69, 9.17) is 10.5 Å². The summed E-state index contributed by atoms with van der Waals surface area (Å²) in [6.45, 7) is 1.05. The summed E-state index contributed by atoms with van der Waals surface area (Å²) in [5.41, 5.74) is 7.42. The molecule has 0 aliphatic heterocycles. The summed E-state index contributed by atoms with van der Waals surface area (Å²) < 4.78 is 5.18. The number of rotatable bonds is 8. The van der Waals surface area contributed by atoms with Crippen LogP contribution in [0.25, 0.3) is 0 Å². The Morgan fingerprint density at radius 2 is 1.52 bits per heavy atom. The van der Waals surface area contributed by atoms with E-state index in [0.29, 0.717) is 13.2 Å². The van der Waals surface area contributed by atoms with Gasteiger partial charge in [0.2, 0.25) is 5.91 Å². The smallest absolute Gasteiger partial charge is 0.243 e. The lowest BCUT2D eigenvalue weighted by atomic mass is 9.99. The van der Waals surface area contributed by atoms with E-state index >= 15 is 0 Å². The molecule has 3 N–H and O–H groups in total. The Balaban J connectivity index is 1.99. The molecule has 0 aromatic heterocycles. The average Bonchev–Trinajstić information content (AvgIpc) is 2.52. The molecule has 0 aliphatic carbocycles. The van der Waals surface area contributed by atoms with E-state index in [2.05, 4.69) is 29.6 Å². The van der Waals surface area contributed by atoms with Crippen molar-refractivity contribution in [2.24, 2.45) is 5.73 Å². The summed E-state index contributed by atoms with van der Waals surface area (Å²) in [6, 6.07) is 20.6. The summed E-state index contributed by atoms with van der Waals surface area (Å²) in [5, 5.41) is 3.45. The minimum absolute atomic E-state index is 0.0387. The Labute approximate surface area is 124 Å². The molecule has 0 saturated heterocycles. The van der Waals surface area contributed by atoms with Crippen LogP contribution in [0.3, 0.4) is 0 Å². The van der Waals surface area contributed by atoms with Crippen molar-refractivity contribution in [1.29, 1.82) is 0 Å². The van der Waals surface area contributed by atoms with Crippen molar-refractivity contribution in [2.45, 2.75) is 6.04 Å². The van der Waals surface area contributed by atoms with E-state index in [0.717, 1.165) is 0 Å². The van der Waals surface area contributed by atoms with Crippen LogP contribution in [-0.2, 0) is 9.53 Å². The molecule has 0 heterocycles. The summed E-state index contributed by atoms with van der Waals surface area (Å²) in [5.74, 6) is -0.447. The zero-order chi connectivity index (χ0) is 14.9. The van der Waals surface area contributed by atoms with E-state index in [1.807, 2.05) is 36.4 Å². The monoisotopic (exact) mass is 284 g/mol. The Bertz CT molecular complexity index is 504. The van der Waals surface area contributed by atoms with E-state index in [9.17, 15) is 4.79 Å². The summed E-state index contributed by atoms with van der Waals surface area (Å²) in [4.78, 5) is 10.6. The van der Waals surface area contributed by atoms with Gasteiger partial charge in [0.1, 0.15) is 6.61 Å². The molecule has 21 heavy (non-hydrogen) atoms. The molecule has 2 rings (SSSR count). The number of nitrogens with one attached hydrogen (secondary N) is 1. The van der Waals surface area contributed by atoms with Crippen LogP contribution in [0.5, 0.6) is 0 Å². The van der Waals surface area contributed by atoms with Crippen LogP contribution < -0.4 is 11.1 Å². The van der Waals surface area contributed by atoms with Crippen LogP contribution in [-0.4, -0.2) is 25.7 Å². The Morgan fingerprint density at radius 1 is 1.00 bits per heavy atom. The van der Waals surface area contributed by atoms with E-state index in [-0.39, 0.29) is 12.6 Å². The quantitative estimate of drug-likeness (QED) is 0.727. The number of hydrogen-bond acceptors (Lipinski definition) is 3. The van der Waals surface area contributed by atoms with Crippen LogP contribution >= 0.6 is 0 Å². The molecule has 0 unspecified atom stereocenters. The lowest BCUT2D eigenvalue weighted by Crippen LogP contribution is -2.28. The fourth-order valence-electron chi connectivity index (χ4n) is 2.17. The van der Waals surface area contributed by atoms with Crippen LogP contribution in [0, 0.1) is 0 Å². The van der Waals surface area contributed by atoms with Crippen molar-refractivity contribution in [3.63, 3.8) is 0 Å². The predicted molar refractivity (Wildman–Crippen MR) is 82.7 cm³/mol. The first-order chi connectivity index (χ1) is 10.3. The molecule has 0 bridgehead atoms. The minimum atomic E-state index is -0.447. The van der Waals surface area contributed by atoms with Crippen LogP contribution in [0.4, 0.5) is 0 Å². The van der Waals surface area contributed by atoms with Gasteiger partial charge in [-0.05, 0) is 11.1 Å². The molecule has 2 aromatic carbocycles. The normalized spacial score (nSPS) is 10.7. The third kappa shape index (κ3) is 5.02. The van der Waals surface area contributed by atoms with Gasteiger partial charge in [-0.3, -0.25) is 4.79 Å². The lowest BCUT2D eigenvalue weighted by molar-refractivity contribution is -0.122. The number of carbonyl (C=O) groups excluding carboxylic acids is 1. The van der Waals surface area contributed by atoms with Crippen molar-refractivity contribution >= 4 is 5.91 Å². The van der Waals surface area contributed by atoms with E-state index in [1.54, 1.807) is 0 Å². The van der Waals surface area contributed by atoms with Gasteiger partial charge in [-0.25, -0.2) is 0 Å². The standard InChI is InChI=1S/C17H20N2O2/c18-16(20)13-21-12-11-19-17(14-7-3-1-4-8-14)15-9-5-2-6-10-15/h1-10,17,19H,11-13H2,(H2,18,20).